The molecular formula is C23H23F6NO5S2. The number of hydrogen-bond donors (Lipinski definition) is 0. The Morgan fingerprint density at radius 1 is 0.973 bits per heavy atom. The van der Waals surface area contributed by atoms with Gasteiger partial charge in [-0.15, -0.1) is 0 Å². The van der Waals surface area contributed by atoms with Gasteiger partial charge in [0.25, 0.3) is 0 Å². The molecule has 37 heavy (non-hydrogen) atoms. The lowest BCUT2D eigenvalue weighted by Gasteiger charge is -2.34. The third-order valence-electron chi connectivity index (χ3n) is 6.27. The van der Waals surface area contributed by atoms with Crippen molar-refractivity contribution in [2.75, 3.05) is 0 Å². The molecule has 14 heteroatoms. The zero-order chi connectivity index (χ0) is 28.0. The molecule has 1 saturated carbocycles. The summed E-state index contributed by atoms with van der Waals surface area (Å²) in [6.45, 7) is 2.51. The molecule has 0 saturated heterocycles. The van der Waals surface area contributed by atoms with Gasteiger partial charge in [0, 0.05) is 12.6 Å². The molecule has 0 amide bonds. The van der Waals surface area contributed by atoms with Gasteiger partial charge in [-0.3, -0.25) is 9.78 Å². The van der Waals surface area contributed by atoms with Crippen LogP contribution < -0.4 is 0 Å². The molecule has 1 aliphatic carbocycles. The number of benzene rings is 1. The fourth-order valence-corrected chi connectivity index (χ4v) is 7.17. The lowest BCUT2D eigenvalue weighted by molar-refractivity contribution is -0.138. The summed E-state index contributed by atoms with van der Waals surface area (Å²) in [6, 6.07) is 3.80. The molecule has 6 nitrogen and oxygen atoms in total. The Bertz CT molecular complexity index is 1390. The molecule has 2 aromatic rings. The van der Waals surface area contributed by atoms with Gasteiger partial charge in [-0.2, -0.15) is 26.3 Å². The molecule has 0 spiro atoms. The number of carbonyl (C=O) groups is 1. The van der Waals surface area contributed by atoms with E-state index in [0.717, 1.165) is 18.2 Å². The van der Waals surface area contributed by atoms with Crippen LogP contribution in [0.3, 0.4) is 0 Å². The van der Waals surface area contributed by atoms with E-state index in [4.69, 9.17) is 0 Å². The zero-order valence-electron chi connectivity index (χ0n) is 19.6. The topological polar surface area (TPSA) is 98.2 Å². The second-order valence-electron chi connectivity index (χ2n) is 9.15. The van der Waals surface area contributed by atoms with Crippen molar-refractivity contribution in [3.8, 4) is 0 Å². The third kappa shape index (κ3) is 6.16. The number of ketones is 1. The molecule has 3 rings (SSSR count). The number of aromatic nitrogens is 1. The van der Waals surface area contributed by atoms with Gasteiger partial charge in [0.1, 0.15) is 5.69 Å². The Kier molecular flexibility index (Phi) is 7.86. The Hall–Kier alpha value is -2.48. The maximum Gasteiger partial charge on any atom is 0.417 e. The number of pyridine rings is 1. The summed E-state index contributed by atoms with van der Waals surface area (Å²) in [4.78, 5) is 15.0. The Morgan fingerprint density at radius 2 is 1.57 bits per heavy atom. The summed E-state index contributed by atoms with van der Waals surface area (Å²) in [6.07, 6.45) is -9.23. The summed E-state index contributed by atoms with van der Waals surface area (Å²) in [5.41, 5.74) is -3.02. The number of Topliss-reactive ketones (excluding diaryl/α,β-unsaturated/α-hetero) is 1. The Balaban J connectivity index is 1.71. The first-order valence-electron chi connectivity index (χ1n) is 11.1. The van der Waals surface area contributed by atoms with Crippen molar-refractivity contribution in [1.29, 1.82) is 0 Å². The van der Waals surface area contributed by atoms with E-state index in [0.29, 0.717) is 18.3 Å². The predicted molar refractivity (Wildman–Crippen MR) is 120 cm³/mol. The van der Waals surface area contributed by atoms with Crippen LogP contribution in [0, 0.1) is 5.92 Å². The van der Waals surface area contributed by atoms with E-state index in [2.05, 4.69) is 4.98 Å². The molecule has 0 radical (unpaired) electrons. The fourth-order valence-electron chi connectivity index (χ4n) is 3.94. The van der Waals surface area contributed by atoms with Crippen LogP contribution in [0.5, 0.6) is 0 Å². The molecule has 0 bridgehead atoms. The van der Waals surface area contributed by atoms with Crippen molar-refractivity contribution >= 4 is 25.5 Å². The molecule has 204 valence electrons. The lowest BCUT2D eigenvalue weighted by atomic mass is 9.81. The van der Waals surface area contributed by atoms with Gasteiger partial charge in [0.15, 0.2) is 25.5 Å². The van der Waals surface area contributed by atoms with Crippen LogP contribution in [0.1, 0.15) is 61.1 Å². The van der Waals surface area contributed by atoms with Crippen LogP contribution in [0.2, 0.25) is 0 Å². The van der Waals surface area contributed by atoms with Crippen LogP contribution in [-0.2, 0) is 32.0 Å². The van der Waals surface area contributed by atoms with E-state index in [1.165, 1.54) is 13.8 Å². The van der Waals surface area contributed by atoms with Crippen LogP contribution in [0.4, 0.5) is 26.3 Å². The molecule has 0 aliphatic heterocycles. The minimum absolute atomic E-state index is 0.0729. The first-order valence-corrected chi connectivity index (χ1v) is 14.2. The molecule has 0 N–H and O–H groups in total. The number of sulfone groups is 2. The van der Waals surface area contributed by atoms with Gasteiger partial charge < -0.3 is 0 Å². The number of rotatable bonds is 8. The van der Waals surface area contributed by atoms with Crippen molar-refractivity contribution in [3.63, 3.8) is 0 Å². The predicted octanol–water partition coefficient (Wildman–Crippen LogP) is 5.52. The molecular weight excluding hydrogens is 548 g/mol. The van der Waals surface area contributed by atoms with Crippen molar-refractivity contribution in [1.82, 2.24) is 4.98 Å². The third-order valence-corrected chi connectivity index (χ3v) is 10.6. The molecule has 1 aliphatic rings. The molecule has 1 heterocycles. The standard InChI is InChI=1S/C23H23F6NO5S2/c1-13(2)36(32,33)20-11-16(23(27,28)29)12-30-21(20)19(31)7-6-14-8-18(9-14)37(34,35)17-5-3-4-15(10-17)22(24,25)26/h3-5,10-14,18H,6-9H2,1-2H3. The second-order valence-corrected chi connectivity index (χ2v) is 13.9. The van der Waals surface area contributed by atoms with Crippen LogP contribution in [0.25, 0.3) is 0 Å². The summed E-state index contributed by atoms with van der Waals surface area (Å²) in [5.74, 6) is -1.11. The number of carbonyl (C=O) groups excluding carboxylic acids is 1. The van der Waals surface area contributed by atoms with Gasteiger partial charge in [-0.25, -0.2) is 16.8 Å². The minimum Gasteiger partial charge on any atom is -0.292 e. The summed E-state index contributed by atoms with van der Waals surface area (Å²) in [5, 5.41) is -2.06. The largest absolute Gasteiger partial charge is 0.417 e. The maximum absolute atomic E-state index is 13.1. The average molecular weight is 572 g/mol. The maximum atomic E-state index is 13.1. The lowest BCUT2D eigenvalue weighted by Crippen LogP contribution is -2.36. The fraction of sp³-hybridized carbons (Fsp3) is 0.478. The highest BCUT2D eigenvalue weighted by molar-refractivity contribution is 7.92. The van der Waals surface area contributed by atoms with Gasteiger partial charge in [0.2, 0.25) is 0 Å². The highest BCUT2D eigenvalue weighted by atomic mass is 32.2. The van der Waals surface area contributed by atoms with Crippen molar-refractivity contribution in [2.24, 2.45) is 5.92 Å². The van der Waals surface area contributed by atoms with Gasteiger partial charge in [-0.1, -0.05) is 6.07 Å². The molecule has 0 atom stereocenters. The number of hydrogen-bond acceptors (Lipinski definition) is 6. The summed E-state index contributed by atoms with van der Waals surface area (Å²) in [7, 11) is -8.33. The second kappa shape index (κ2) is 10.0. The Labute approximate surface area is 209 Å². The molecule has 1 aromatic heterocycles. The van der Waals surface area contributed by atoms with Crippen LogP contribution in [-0.4, -0.2) is 38.1 Å². The van der Waals surface area contributed by atoms with Gasteiger partial charge in [-0.05, 0) is 63.3 Å². The number of nitrogens with zero attached hydrogens (tertiary/aromatic N) is 1. The van der Waals surface area contributed by atoms with E-state index in [9.17, 15) is 48.0 Å². The highest BCUT2D eigenvalue weighted by Crippen LogP contribution is 2.40. The van der Waals surface area contributed by atoms with E-state index in [1.807, 2.05) is 0 Å². The monoisotopic (exact) mass is 571 g/mol. The normalized spacial score (nSPS) is 19.1. The molecule has 0 unspecified atom stereocenters. The van der Waals surface area contributed by atoms with Crippen LogP contribution >= 0.6 is 0 Å². The Morgan fingerprint density at radius 3 is 2.11 bits per heavy atom. The average Bonchev–Trinajstić information content (AvgIpc) is 2.76. The molecule has 1 fully saturated rings. The quantitative estimate of drug-likeness (QED) is 0.306. The highest BCUT2D eigenvalue weighted by Gasteiger charge is 2.41. The number of halogens is 6. The minimum atomic E-state index is -4.87. The molecule has 1 aromatic carbocycles. The first kappa shape index (κ1) is 29.1. The van der Waals surface area contributed by atoms with Crippen molar-refractivity contribution < 1.29 is 48.0 Å². The zero-order valence-corrected chi connectivity index (χ0v) is 21.2. The van der Waals surface area contributed by atoms with E-state index >= 15 is 0 Å². The van der Waals surface area contributed by atoms with Crippen LogP contribution in [0.15, 0.2) is 46.3 Å². The summed E-state index contributed by atoms with van der Waals surface area (Å²) < 4.78 is 129. The van der Waals surface area contributed by atoms with Gasteiger partial charge >= 0.3 is 12.4 Å². The smallest absolute Gasteiger partial charge is 0.292 e. The van der Waals surface area contributed by atoms with Crippen molar-refractivity contribution in [3.05, 3.63) is 53.3 Å². The van der Waals surface area contributed by atoms with E-state index < -0.39 is 74.9 Å². The van der Waals surface area contributed by atoms with Gasteiger partial charge in [0.05, 0.1) is 31.4 Å². The summed E-state index contributed by atoms with van der Waals surface area (Å²) >= 11 is 0. The van der Waals surface area contributed by atoms with E-state index in [1.54, 1.807) is 0 Å². The SMILES string of the molecule is CC(C)S(=O)(=O)c1cc(C(F)(F)F)cnc1C(=O)CCC1CC(S(=O)(=O)c2cccc(C(F)(F)F)c2)C1. The first-order chi connectivity index (χ1) is 16.8. The van der Waals surface area contributed by atoms with Crippen molar-refractivity contribution in [2.45, 2.75) is 72.2 Å². The number of alkyl halides is 6. The van der Waals surface area contributed by atoms with E-state index in [-0.39, 0.29) is 31.6 Å².